The lowest BCUT2D eigenvalue weighted by Crippen LogP contribution is -1.83. The van der Waals surface area contributed by atoms with E-state index in [-0.39, 0.29) is 0 Å². The van der Waals surface area contributed by atoms with Crippen molar-refractivity contribution in [2.45, 2.75) is 103 Å². The van der Waals surface area contributed by atoms with Gasteiger partial charge >= 0.3 is 0 Å². The molecule has 0 aliphatic heterocycles. The molecule has 118 valence electrons. The highest BCUT2D eigenvalue weighted by atomic mass is 16.1. The minimum absolute atomic E-state index is 0.758. The molecule has 0 rings (SSSR count). The Morgan fingerprint density at radius 2 is 0.950 bits per heavy atom. The van der Waals surface area contributed by atoms with Gasteiger partial charge in [0.15, 0.2) is 0 Å². The number of hydrogen-bond acceptors (Lipinski definition) is 1. The summed E-state index contributed by atoms with van der Waals surface area (Å²) in [6, 6.07) is 0. The Hall–Kier alpha value is -0.590. The third kappa shape index (κ3) is 17.4. The van der Waals surface area contributed by atoms with Gasteiger partial charge in [0.25, 0.3) is 0 Å². The van der Waals surface area contributed by atoms with Gasteiger partial charge in [-0.2, -0.15) is 0 Å². The van der Waals surface area contributed by atoms with Crippen LogP contribution >= 0.6 is 0 Å². The van der Waals surface area contributed by atoms with Crippen LogP contribution < -0.4 is 0 Å². The number of unbranched alkanes of at least 4 members (excludes halogenated alkanes) is 13. The Balaban J connectivity index is 2.97. The van der Waals surface area contributed by atoms with E-state index in [2.05, 4.69) is 19.1 Å². The number of carbonyl (C=O) groups is 1. The first kappa shape index (κ1) is 19.4. The summed E-state index contributed by atoms with van der Waals surface area (Å²) >= 11 is 0. The van der Waals surface area contributed by atoms with E-state index in [1.807, 2.05) is 0 Å². The smallest absolute Gasteiger partial charge is 0.119 e. The molecule has 0 atom stereocenters. The minimum Gasteiger partial charge on any atom is -0.303 e. The molecule has 0 amide bonds. The normalized spacial score (nSPS) is 11.2. The van der Waals surface area contributed by atoms with Gasteiger partial charge in [0.05, 0.1) is 0 Å². The van der Waals surface area contributed by atoms with E-state index in [0.717, 1.165) is 19.1 Å². The molecule has 0 saturated carbocycles. The summed E-state index contributed by atoms with van der Waals surface area (Å²) in [5.74, 6) is 0. The summed E-state index contributed by atoms with van der Waals surface area (Å²) in [5, 5.41) is 0. The van der Waals surface area contributed by atoms with Gasteiger partial charge < -0.3 is 4.79 Å². The van der Waals surface area contributed by atoms with Gasteiger partial charge in [-0.25, -0.2) is 0 Å². The monoisotopic (exact) mass is 280 g/mol. The van der Waals surface area contributed by atoms with Gasteiger partial charge in [0, 0.05) is 6.42 Å². The van der Waals surface area contributed by atoms with Crippen LogP contribution in [0.25, 0.3) is 0 Å². The molecule has 0 bridgehead atoms. The summed E-state index contributed by atoms with van der Waals surface area (Å²) in [4.78, 5) is 10.1. The molecule has 0 N–H and O–H groups in total. The maximum Gasteiger partial charge on any atom is 0.119 e. The van der Waals surface area contributed by atoms with E-state index in [1.54, 1.807) is 0 Å². The third-order valence-electron chi connectivity index (χ3n) is 3.81. The van der Waals surface area contributed by atoms with Crippen molar-refractivity contribution >= 4 is 6.29 Å². The first-order chi connectivity index (χ1) is 9.91. The molecule has 0 aromatic rings. The Labute approximate surface area is 127 Å². The van der Waals surface area contributed by atoms with Crippen LogP contribution in [0.5, 0.6) is 0 Å². The van der Waals surface area contributed by atoms with Gasteiger partial charge in [-0.3, -0.25) is 0 Å². The average molecular weight is 280 g/mol. The summed E-state index contributed by atoms with van der Waals surface area (Å²) in [5.41, 5.74) is 0. The summed E-state index contributed by atoms with van der Waals surface area (Å²) < 4.78 is 0. The van der Waals surface area contributed by atoms with E-state index in [4.69, 9.17) is 0 Å². The minimum atomic E-state index is 0.758. The molecule has 0 fully saturated rings. The largest absolute Gasteiger partial charge is 0.303 e. The van der Waals surface area contributed by atoms with Crippen molar-refractivity contribution in [2.24, 2.45) is 0 Å². The predicted molar refractivity (Wildman–Crippen MR) is 90.1 cm³/mol. The van der Waals surface area contributed by atoms with Gasteiger partial charge in [-0.15, -0.1) is 0 Å². The zero-order valence-corrected chi connectivity index (χ0v) is 13.7. The van der Waals surface area contributed by atoms with Crippen molar-refractivity contribution in [3.8, 4) is 0 Å². The number of carbonyl (C=O) groups excluding carboxylic acids is 1. The van der Waals surface area contributed by atoms with Crippen LogP contribution in [0.15, 0.2) is 12.2 Å². The summed E-state index contributed by atoms with van der Waals surface area (Å²) in [6.07, 6.45) is 25.1. The Kier molecular flexibility index (Phi) is 17.9. The first-order valence-corrected chi connectivity index (χ1v) is 9.00. The Bertz CT molecular complexity index is 208. The van der Waals surface area contributed by atoms with E-state index >= 15 is 0 Å². The molecule has 0 heterocycles. The molecule has 0 spiro atoms. The van der Waals surface area contributed by atoms with Crippen molar-refractivity contribution in [2.75, 3.05) is 0 Å². The van der Waals surface area contributed by atoms with Crippen molar-refractivity contribution in [1.82, 2.24) is 0 Å². The van der Waals surface area contributed by atoms with E-state index in [9.17, 15) is 4.79 Å². The Morgan fingerprint density at radius 1 is 0.550 bits per heavy atom. The second kappa shape index (κ2) is 18.4. The fourth-order valence-corrected chi connectivity index (χ4v) is 2.48. The van der Waals surface area contributed by atoms with Crippen LogP contribution in [0.4, 0.5) is 0 Å². The number of hydrogen-bond donors (Lipinski definition) is 0. The van der Waals surface area contributed by atoms with Gasteiger partial charge in [0.2, 0.25) is 0 Å². The maximum absolute atomic E-state index is 10.1. The van der Waals surface area contributed by atoms with Crippen LogP contribution in [0, 0.1) is 0 Å². The highest BCUT2D eigenvalue weighted by Crippen LogP contribution is 2.12. The van der Waals surface area contributed by atoms with Crippen LogP contribution in [-0.4, -0.2) is 6.29 Å². The zero-order valence-electron chi connectivity index (χ0n) is 13.7. The van der Waals surface area contributed by atoms with E-state index < -0.39 is 0 Å². The van der Waals surface area contributed by atoms with Gasteiger partial charge in [0.1, 0.15) is 6.29 Å². The molecule has 0 aliphatic carbocycles. The van der Waals surface area contributed by atoms with Crippen molar-refractivity contribution in [3.63, 3.8) is 0 Å². The molecule has 0 aromatic heterocycles. The molecule has 0 aliphatic rings. The number of aldehydes is 1. The van der Waals surface area contributed by atoms with E-state index in [0.29, 0.717) is 0 Å². The molecule has 0 unspecified atom stereocenters. The van der Waals surface area contributed by atoms with E-state index in [1.165, 1.54) is 83.5 Å². The summed E-state index contributed by atoms with van der Waals surface area (Å²) in [7, 11) is 0. The number of allylic oxidation sites excluding steroid dienone is 2. The standard InChI is InChI=1S/C19H36O/c1-2-3-4-5-6-7-8-9-10-11-12-13-14-15-16-17-18-19-20/h4-5,19H,2-3,6-18H2,1H3. The van der Waals surface area contributed by atoms with Crippen LogP contribution in [-0.2, 0) is 4.79 Å². The molecule has 1 nitrogen and oxygen atoms in total. The lowest BCUT2D eigenvalue weighted by Gasteiger charge is -2.02. The maximum atomic E-state index is 10.1. The molecular formula is C19H36O. The molecule has 1 heteroatoms. The van der Waals surface area contributed by atoms with Crippen molar-refractivity contribution in [1.29, 1.82) is 0 Å². The first-order valence-electron chi connectivity index (χ1n) is 9.00. The lowest BCUT2D eigenvalue weighted by atomic mass is 10.0. The van der Waals surface area contributed by atoms with Gasteiger partial charge in [-0.1, -0.05) is 83.3 Å². The van der Waals surface area contributed by atoms with Crippen molar-refractivity contribution in [3.05, 3.63) is 12.2 Å². The van der Waals surface area contributed by atoms with Crippen LogP contribution in [0.1, 0.15) is 103 Å². The highest BCUT2D eigenvalue weighted by molar-refractivity contribution is 5.48. The van der Waals surface area contributed by atoms with Crippen LogP contribution in [0.2, 0.25) is 0 Å². The van der Waals surface area contributed by atoms with Crippen molar-refractivity contribution < 1.29 is 4.79 Å². The highest BCUT2D eigenvalue weighted by Gasteiger charge is 1.93. The topological polar surface area (TPSA) is 17.1 Å². The zero-order chi connectivity index (χ0) is 14.7. The summed E-state index contributed by atoms with van der Waals surface area (Å²) in [6.45, 7) is 2.23. The fourth-order valence-electron chi connectivity index (χ4n) is 2.48. The second-order valence-electron chi connectivity index (χ2n) is 5.89. The van der Waals surface area contributed by atoms with Gasteiger partial charge in [-0.05, 0) is 25.7 Å². The van der Waals surface area contributed by atoms with Crippen LogP contribution in [0.3, 0.4) is 0 Å². The SMILES string of the molecule is CCCC=CCCCCCCCCCCCCCC=O. The molecular weight excluding hydrogens is 244 g/mol. The molecule has 20 heavy (non-hydrogen) atoms. The molecule has 0 saturated heterocycles. The third-order valence-corrected chi connectivity index (χ3v) is 3.81. The predicted octanol–water partition coefficient (Wildman–Crippen LogP) is 6.61. The molecule has 0 radical (unpaired) electrons. The fraction of sp³-hybridized carbons (Fsp3) is 0.842. The second-order valence-corrected chi connectivity index (χ2v) is 5.89. The lowest BCUT2D eigenvalue weighted by molar-refractivity contribution is -0.107. The molecule has 0 aromatic carbocycles. The average Bonchev–Trinajstić information content (AvgIpc) is 2.47. The quantitative estimate of drug-likeness (QED) is 0.176. The Morgan fingerprint density at radius 3 is 1.40 bits per heavy atom. The number of rotatable bonds is 16.